The molecule has 0 radical (unpaired) electrons. The van der Waals surface area contributed by atoms with Crippen LogP contribution in [0.3, 0.4) is 0 Å². The zero-order valence-corrected chi connectivity index (χ0v) is 15.5. The standard InChI is InChI=1S/C20H16FN3O2S/c1-11-17(15-5-3-4-6-16(15)22-11)18(25)12(2)27-20-24-23-19(26-20)13-7-9-14(21)10-8-13/h3-10,12,22H,1-2H3/t12-/m1/s1. The Labute approximate surface area is 159 Å². The number of hydrogen-bond acceptors (Lipinski definition) is 5. The van der Waals surface area contributed by atoms with Crippen molar-refractivity contribution in [2.24, 2.45) is 0 Å². The number of aromatic amines is 1. The van der Waals surface area contributed by atoms with Crippen LogP contribution < -0.4 is 0 Å². The third kappa shape index (κ3) is 3.38. The van der Waals surface area contributed by atoms with Crippen LogP contribution in [-0.4, -0.2) is 26.2 Å². The van der Waals surface area contributed by atoms with Crippen LogP contribution in [0.2, 0.25) is 0 Å². The lowest BCUT2D eigenvalue weighted by Gasteiger charge is -2.07. The molecule has 1 atom stereocenters. The van der Waals surface area contributed by atoms with E-state index in [2.05, 4.69) is 15.2 Å². The maximum atomic E-state index is 13.0. The number of nitrogens with one attached hydrogen (secondary N) is 1. The van der Waals surface area contributed by atoms with Gasteiger partial charge in [-0.25, -0.2) is 4.39 Å². The molecule has 0 aliphatic heterocycles. The van der Waals surface area contributed by atoms with Crippen LogP contribution in [0.4, 0.5) is 4.39 Å². The zero-order chi connectivity index (χ0) is 19.0. The Balaban J connectivity index is 1.55. The molecule has 1 N–H and O–H groups in total. The van der Waals surface area contributed by atoms with Crippen molar-refractivity contribution in [1.29, 1.82) is 0 Å². The van der Waals surface area contributed by atoms with Gasteiger partial charge in [-0.05, 0) is 44.2 Å². The average Bonchev–Trinajstić information content (AvgIpc) is 3.25. The van der Waals surface area contributed by atoms with Gasteiger partial charge in [-0.15, -0.1) is 10.2 Å². The Morgan fingerprint density at radius 1 is 1.15 bits per heavy atom. The molecular weight excluding hydrogens is 365 g/mol. The number of H-pyrrole nitrogens is 1. The Morgan fingerprint density at radius 2 is 1.89 bits per heavy atom. The molecule has 4 rings (SSSR count). The normalized spacial score (nSPS) is 12.4. The lowest BCUT2D eigenvalue weighted by Crippen LogP contribution is -2.14. The Kier molecular flexibility index (Phi) is 4.53. The molecule has 0 bridgehead atoms. The van der Waals surface area contributed by atoms with E-state index in [-0.39, 0.29) is 11.6 Å². The van der Waals surface area contributed by atoms with E-state index in [9.17, 15) is 9.18 Å². The Bertz CT molecular complexity index is 1120. The van der Waals surface area contributed by atoms with Crippen LogP contribution in [-0.2, 0) is 0 Å². The highest BCUT2D eigenvalue weighted by Gasteiger charge is 2.24. The molecule has 7 heteroatoms. The van der Waals surface area contributed by atoms with Gasteiger partial charge in [-0.1, -0.05) is 30.0 Å². The summed E-state index contributed by atoms with van der Waals surface area (Å²) in [6.45, 7) is 3.71. The van der Waals surface area contributed by atoms with E-state index >= 15 is 0 Å². The summed E-state index contributed by atoms with van der Waals surface area (Å²) >= 11 is 1.21. The van der Waals surface area contributed by atoms with Crippen molar-refractivity contribution in [3.8, 4) is 11.5 Å². The lowest BCUT2D eigenvalue weighted by atomic mass is 10.1. The van der Waals surface area contributed by atoms with Gasteiger partial charge in [0.25, 0.3) is 5.22 Å². The van der Waals surface area contributed by atoms with E-state index in [0.29, 0.717) is 22.2 Å². The van der Waals surface area contributed by atoms with Crippen LogP contribution >= 0.6 is 11.8 Å². The number of carbonyl (C=O) groups excluding carboxylic acids is 1. The second kappa shape index (κ2) is 7.00. The van der Waals surface area contributed by atoms with Crippen molar-refractivity contribution >= 4 is 28.4 Å². The molecule has 136 valence electrons. The summed E-state index contributed by atoms with van der Waals surface area (Å²) in [5.41, 5.74) is 3.09. The second-order valence-corrected chi connectivity index (χ2v) is 7.47. The maximum absolute atomic E-state index is 13.0. The van der Waals surface area contributed by atoms with E-state index < -0.39 is 5.25 Å². The number of fused-ring (bicyclic) bond motifs is 1. The first-order valence-corrected chi connectivity index (χ1v) is 9.28. The van der Waals surface area contributed by atoms with Crippen LogP contribution in [0.5, 0.6) is 0 Å². The number of aryl methyl sites for hydroxylation is 1. The largest absolute Gasteiger partial charge is 0.411 e. The number of benzene rings is 2. The minimum Gasteiger partial charge on any atom is -0.411 e. The third-order valence-electron chi connectivity index (χ3n) is 4.28. The highest BCUT2D eigenvalue weighted by molar-refractivity contribution is 8.00. The van der Waals surface area contributed by atoms with Crippen LogP contribution in [0.1, 0.15) is 23.0 Å². The number of aromatic nitrogens is 3. The minimum absolute atomic E-state index is 0.00326. The van der Waals surface area contributed by atoms with Crippen molar-refractivity contribution in [3.63, 3.8) is 0 Å². The molecule has 0 fully saturated rings. The third-order valence-corrected chi connectivity index (χ3v) is 5.22. The Morgan fingerprint density at radius 3 is 2.67 bits per heavy atom. The highest BCUT2D eigenvalue weighted by atomic mass is 32.2. The highest BCUT2D eigenvalue weighted by Crippen LogP contribution is 2.30. The first-order chi connectivity index (χ1) is 13.0. The monoisotopic (exact) mass is 381 g/mol. The number of thioether (sulfide) groups is 1. The predicted molar refractivity (Wildman–Crippen MR) is 102 cm³/mol. The quantitative estimate of drug-likeness (QED) is 0.388. The van der Waals surface area contributed by atoms with Gasteiger partial charge in [0.15, 0.2) is 5.78 Å². The average molecular weight is 381 g/mol. The van der Waals surface area contributed by atoms with E-state index in [1.54, 1.807) is 12.1 Å². The number of rotatable bonds is 5. The van der Waals surface area contributed by atoms with Gasteiger partial charge >= 0.3 is 0 Å². The predicted octanol–water partition coefficient (Wildman–Crippen LogP) is 5.03. The number of nitrogens with zero attached hydrogens (tertiary/aromatic N) is 2. The molecule has 5 nitrogen and oxygen atoms in total. The second-order valence-electron chi connectivity index (χ2n) is 6.17. The fraction of sp³-hybridized carbons (Fsp3) is 0.150. The molecule has 0 aliphatic rings. The summed E-state index contributed by atoms with van der Waals surface area (Å²) in [5.74, 6) is -0.0434. The van der Waals surface area contributed by atoms with Gasteiger partial charge in [0.05, 0.1) is 5.25 Å². The molecule has 2 heterocycles. The number of Topliss-reactive ketones (excluding diaryl/α,β-unsaturated/α-hetero) is 1. The van der Waals surface area contributed by atoms with Crippen LogP contribution in [0, 0.1) is 12.7 Å². The summed E-state index contributed by atoms with van der Waals surface area (Å²) < 4.78 is 18.7. The van der Waals surface area contributed by atoms with Gasteiger partial charge in [0.2, 0.25) is 5.89 Å². The van der Waals surface area contributed by atoms with Gasteiger partial charge in [-0.3, -0.25) is 4.79 Å². The lowest BCUT2D eigenvalue weighted by molar-refractivity contribution is 0.0994. The molecule has 2 aromatic heterocycles. The summed E-state index contributed by atoms with van der Waals surface area (Å²) in [6, 6.07) is 13.5. The summed E-state index contributed by atoms with van der Waals surface area (Å²) in [5, 5.41) is 8.78. The first kappa shape index (κ1) is 17.5. The molecule has 0 amide bonds. The number of halogens is 1. The SMILES string of the molecule is Cc1[nH]c2ccccc2c1C(=O)[C@@H](C)Sc1nnc(-c2ccc(F)cc2)o1. The van der Waals surface area contributed by atoms with Gasteiger partial charge < -0.3 is 9.40 Å². The van der Waals surface area contributed by atoms with E-state index in [4.69, 9.17) is 4.42 Å². The molecule has 0 saturated carbocycles. The van der Waals surface area contributed by atoms with Crippen molar-refractivity contribution in [2.45, 2.75) is 24.3 Å². The molecule has 4 aromatic rings. The fourth-order valence-electron chi connectivity index (χ4n) is 2.97. The summed E-state index contributed by atoms with van der Waals surface area (Å²) in [7, 11) is 0. The van der Waals surface area contributed by atoms with Gasteiger partial charge in [0.1, 0.15) is 5.82 Å². The minimum atomic E-state index is -0.399. The Hall–Kier alpha value is -2.93. The summed E-state index contributed by atoms with van der Waals surface area (Å²) in [4.78, 5) is 16.2. The zero-order valence-electron chi connectivity index (χ0n) is 14.7. The van der Waals surface area contributed by atoms with Crippen molar-refractivity contribution in [3.05, 3.63) is 65.6 Å². The topological polar surface area (TPSA) is 71.8 Å². The van der Waals surface area contributed by atoms with Crippen molar-refractivity contribution in [1.82, 2.24) is 15.2 Å². The van der Waals surface area contributed by atoms with Crippen LogP contribution in [0.25, 0.3) is 22.4 Å². The molecule has 0 saturated heterocycles. The number of carbonyl (C=O) groups is 1. The molecule has 0 aliphatic carbocycles. The van der Waals surface area contributed by atoms with E-state index in [1.807, 2.05) is 38.1 Å². The van der Waals surface area contributed by atoms with Crippen molar-refractivity contribution in [2.75, 3.05) is 0 Å². The van der Waals surface area contributed by atoms with Gasteiger partial charge in [-0.2, -0.15) is 0 Å². The molecule has 2 aromatic carbocycles. The van der Waals surface area contributed by atoms with Crippen molar-refractivity contribution < 1.29 is 13.6 Å². The van der Waals surface area contributed by atoms with Crippen LogP contribution in [0.15, 0.2) is 58.2 Å². The number of para-hydroxylation sites is 1. The summed E-state index contributed by atoms with van der Waals surface area (Å²) in [6.07, 6.45) is 0. The molecule has 0 spiro atoms. The molecule has 27 heavy (non-hydrogen) atoms. The fourth-order valence-corrected chi connectivity index (χ4v) is 3.71. The van der Waals surface area contributed by atoms with Gasteiger partial charge in [0, 0.05) is 27.7 Å². The maximum Gasteiger partial charge on any atom is 0.277 e. The first-order valence-electron chi connectivity index (χ1n) is 8.40. The molecule has 0 unspecified atom stereocenters. The number of hydrogen-bond donors (Lipinski definition) is 1. The van der Waals surface area contributed by atoms with E-state index in [1.165, 1.54) is 23.9 Å². The smallest absolute Gasteiger partial charge is 0.277 e. The molecular formula is C20H16FN3O2S. The van der Waals surface area contributed by atoms with E-state index in [0.717, 1.165) is 16.6 Å². The number of ketones is 1.